The van der Waals surface area contributed by atoms with Crippen LogP contribution in [0.15, 0.2) is 47.2 Å². The maximum absolute atomic E-state index is 13.2. The smallest absolute Gasteiger partial charge is 0.256 e. The Kier molecular flexibility index (Phi) is 4.53. The standard InChI is InChI=1S/C16H13ClFN5O2/c17-11-7-9(3-6-12(11)18)21-16-13(14(19)25)15(22-23-16)20-8-1-4-10(24)5-2-8/h1,3-7,24H,2H2,(H2,19,25)(H2,21,22,23). The highest BCUT2D eigenvalue weighted by Crippen LogP contribution is 2.28. The van der Waals surface area contributed by atoms with E-state index in [1.54, 1.807) is 12.2 Å². The lowest BCUT2D eigenvalue weighted by Crippen LogP contribution is -2.12. The number of rotatable bonds is 4. The summed E-state index contributed by atoms with van der Waals surface area (Å²) in [5.41, 5.74) is 6.53. The fourth-order valence-corrected chi connectivity index (χ4v) is 2.38. The third-order valence-electron chi connectivity index (χ3n) is 3.40. The summed E-state index contributed by atoms with van der Waals surface area (Å²) < 4.78 is 13.2. The second-order valence-corrected chi connectivity index (χ2v) is 5.59. The van der Waals surface area contributed by atoms with Crippen LogP contribution in [0.25, 0.3) is 0 Å². The molecule has 7 nitrogen and oxygen atoms in total. The number of benzene rings is 1. The monoisotopic (exact) mass is 361 g/mol. The van der Waals surface area contributed by atoms with Crippen LogP contribution in [0.1, 0.15) is 16.8 Å². The lowest BCUT2D eigenvalue weighted by molar-refractivity contribution is 0.100. The van der Waals surface area contributed by atoms with Crippen molar-refractivity contribution in [1.82, 2.24) is 10.2 Å². The lowest BCUT2D eigenvalue weighted by atomic mass is 10.1. The van der Waals surface area contributed by atoms with Crippen LogP contribution in [-0.2, 0) is 0 Å². The van der Waals surface area contributed by atoms with Crippen molar-refractivity contribution in [1.29, 1.82) is 0 Å². The van der Waals surface area contributed by atoms with Gasteiger partial charge in [0.15, 0.2) is 11.6 Å². The van der Waals surface area contributed by atoms with Crippen molar-refractivity contribution in [3.8, 4) is 0 Å². The van der Waals surface area contributed by atoms with Crippen LogP contribution in [-0.4, -0.2) is 26.9 Å². The molecule has 1 aliphatic rings. The molecule has 0 atom stereocenters. The van der Waals surface area contributed by atoms with Gasteiger partial charge in [0, 0.05) is 17.8 Å². The maximum atomic E-state index is 13.2. The summed E-state index contributed by atoms with van der Waals surface area (Å²) in [6.07, 6.45) is 5.09. The van der Waals surface area contributed by atoms with Crippen LogP contribution in [0.2, 0.25) is 5.02 Å². The average molecular weight is 362 g/mol. The van der Waals surface area contributed by atoms with Gasteiger partial charge in [-0.2, -0.15) is 5.10 Å². The van der Waals surface area contributed by atoms with Crippen LogP contribution < -0.4 is 11.1 Å². The number of allylic oxidation sites excluding steroid dienone is 3. The highest BCUT2D eigenvalue weighted by atomic mass is 35.5. The number of nitrogens with one attached hydrogen (secondary N) is 2. The number of aliphatic hydroxyl groups excluding tert-OH is 1. The minimum atomic E-state index is -0.734. The van der Waals surface area contributed by atoms with E-state index < -0.39 is 11.7 Å². The summed E-state index contributed by atoms with van der Waals surface area (Å²) in [5.74, 6) is -0.821. The number of nitrogens with zero attached hydrogens (tertiary/aromatic N) is 2. The quantitative estimate of drug-likeness (QED) is 0.666. The zero-order chi connectivity index (χ0) is 18.0. The molecular weight excluding hydrogens is 349 g/mol. The molecule has 3 rings (SSSR count). The van der Waals surface area contributed by atoms with Gasteiger partial charge in [-0.1, -0.05) is 11.6 Å². The number of carbonyl (C=O) groups is 1. The van der Waals surface area contributed by atoms with Crippen LogP contribution in [0, 0.1) is 5.82 Å². The summed E-state index contributed by atoms with van der Waals surface area (Å²) in [6.45, 7) is 0. The molecule has 9 heteroatoms. The van der Waals surface area contributed by atoms with Gasteiger partial charge in [-0.3, -0.25) is 9.89 Å². The Bertz CT molecular complexity index is 933. The van der Waals surface area contributed by atoms with Crippen molar-refractivity contribution in [2.24, 2.45) is 10.7 Å². The van der Waals surface area contributed by atoms with Gasteiger partial charge in [0.05, 0.1) is 5.02 Å². The molecular formula is C16H13ClFN5O2. The Hall–Kier alpha value is -3.13. The molecule has 1 amide bonds. The van der Waals surface area contributed by atoms with Gasteiger partial charge in [-0.05, 0) is 36.4 Å². The van der Waals surface area contributed by atoms with Crippen molar-refractivity contribution in [2.45, 2.75) is 6.42 Å². The number of nitrogens with two attached hydrogens (primary N) is 1. The average Bonchev–Trinajstić information content (AvgIpc) is 2.95. The van der Waals surface area contributed by atoms with E-state index in [0.29, 0.717) is 17.8 Å². The minimum absolute atomic E-state index is 0.0557. The first kappa shape index (κ1) is 16.7. The Morgan fingerprint density at radius 2 is 2.24 bits per heavy atom. The van der Waals surface area contributed by atoms with Gasteiger partial charge in [0.1, 0.15) is 17.1 Å². The molecule has 0 bridgehead atoms. The molecule has 0 saturated heterocycles. The SMILES string of the molecule is NC(=O)c1c(Nc2ccc(F)c(Cl)c2)n[nH]c1N=C1C=CC(O)=CC1. The van der Waals surface area contributed by atoms with Crippen molar-refractivity contribution in [3.63, 3.8) is 0 Å². The first-order chi connectivity index (χ1) is 11.9. The van der Waals surface area contributed by atoms with Gasteiger partial charge in [0.2, 0.25) is 0 Å². The maximum Gasteiger partial charge on any atom is 0.256 e. The predicted molar refractivity (Wildman–Crippen MR) is 93.4 cm³/mol. The van der Waals surface area contributed by atoms with E-state index in [1.807, 2.05) is 0 Å². The number of aromatic amines is 1. The summed E-state index contributed by atoms with van der Waals surface area (Å²) in [6, 6.07) is 4.00. The largest absolute Gasteiger partial charge is 0.508 e. The molecule has 1 aromatic carbocycles. The molecule has 2 aromatic rings. The number of anilines is 2. The molecule has 5 N–H and O–H groups in total. The highest BCUT2D eigenvalue weighted by molar-refractivity contribution is 6.31. The Morgan fingerprint density at radius 1 is 1.44 bits per heavy atom. The zero-order valence-electron chi connectivity index (χ0n) is 12.8. The molecule has 0 fully saturated rings. The number of amides is 1. The molecule has 128 valence electrons. The number of aliphatic imine (C=N–C) groups is 1. The first-order valence-electron chi connectivity index (χ1n) is 7.19. The number of primary amides is 1. The topological polar surface area (TPSA) is 116 Å². The van der Waals surface area contributed by atoms with E-state index >= 15 is 0 Å². The molecule has 0 unspecified atom stereocenters. The molecule has 25 heavy (non-hydrogen) atoms. The second-order valence-electron chi connectivity index (χ2n) is 5.18. The van der Waals surface area contributed by atoms with Crippen LogP contribution >= 0.6 is 11.6 Å². The Morgan fingerprint density at radius 3 is 2.88 bits per heavy atom. The molecule has 1 aromatic heterocycles. The van der Waals surface area contributed by atoms with E-state index in [9.17, 15) is 14.3 Å². The molecule has 0 saturated carbocycles. The van der Waals surface area contributed by atoms with E-state index in [0.717, 1.165) is 0 Å². The van der Waals surface area contributed by atoms with Gasteiger partial charge in [0.25, 0.3) is 5.91 Å². The molecule has 0 aliphatic heterocycles. The van der Waals surface area contributed by atoms with Crippen LogP contribution in [0.4, 0.5) is 21.7 Å². The fourth-order valence-electron chi connectivity index (χ4n) is 2.20. The van der Waals surface area contributed by atoms with Gasteiger partial charge in [-0.25, -0.2) is 9.38 Å². The van der Waals surface area contributed by atoms with Crippen LogP contribution in [0.3, 0.4) is 0 Å². The number of carbonyl (C=O) groups excluding carboxylic acids is 1. The summed E-state index contributed by atoms with van der Waals surface area (Å²) in [7, 11) is 0. The number of aliphatic hydroxyl groups is 1. The number of aromatic nitrogens is 2. The van der Waals surface area contributed by atoms with E-state index in [2.05, 4.69) is 20.5 Å². The number of hydrogen-bond donors (Lipinski definition) is 4. The highest BCUT2D eigenvalue weighted by Gasteiger charge is 2.19. The van der Waals surface area contributed by atoms with E-state index in [-0.39, 0.29) is 28.0 Å². The summed E-state index contributed by atoms with van der Waals surface area (Å²) in [4.78, 5) is 16.1. The first-order valence-corrected chi connectivity index (χ1v) is 7.57. The zero-order valence-corrected chi connectivity index (χ0v) is 13.5. The van der Waals surface area contributed by atoms with Crippen LogP contribution in [0.5, 0.6) is 0 Å². The van der Waals surface area contributed by atoms with Crippen molar-refractivity contribution >= 4 is 40.5 Å². The van der Waals surface area contributed by atoms with Gasteiger partial charge in [-0.15, -0.1) is 0 Å². The molecule has 1 aliphatic carbocycles. The van der Waals surface area contributed by atoms with Gasteiger partial charge < -0.3 is 16.2 Å². The second kappa shape index (κ2) is 6.78. The van der Waals surface area contributed by atoms with Crippen molar-refractivity contribution in [3.05, 3.63) is 58.6 Å². The molecule has 1 heterocycles. The third kappa shape index (κ3) is 3.69. The third-order valence-corrected chi connectivity index (χ3v) is 3.69. The summed E-state index contributed by atoms with van der Waals surface area (Å²) >= 11 is 5.74. The Labute approximate surface area is 146 Å². The van der Waals surface area contributed by atoms with Gasteiger partial charge >= 0.3 is 0 Å². The normalized spacial score (nSPS) is 15.3. The lowest BCUT2D eigenvalue weighted by Gasteiger charge is -2.06. The number of halogens is 2. The van der Waals surface area contributed by atoms with E-state index in [4.69, 9.17) is 17.3 Å². The van der Waals surface area contributed by atoms with Crippen molar-refractivity contribution < 1.29 is 14.3 Å². The van der Waals surface area contributed by atoms with E-state index in [1.165, 1.54) is 24.3 Å². The summed E-state index contributed by atoms with van der Waals surface area (Å²) in [5, 5.41) is 18.7. The van der Waals surface area contributed by atoms with Crippen molar-refractivity contribution in [2.75, 3.05) is 5.32 Å². The number of hydrogen-bond acceptors (Lipinski definition) is 5. The predicted octanol–water partition coefficient (Wildman–Crippen LogP) is 3.52. The number of H-pyrrole nitrogens is 1. The molecule has 0 radical (unpaired) electrons. The molecule has 0 spiro atoms. The Balaban J connectivity index is 1.92. The minimum Gasteiger partial charge on any atom is -0.508 e. The fraction of sp³-hybridized carbons (Fsp3) is 0.0625.